The van der Waals surface area contributed by atoms with Gasteiger partial charge in [0.25, 0.3) is 0 Å². The molecule has 0 unspecified atom stereocenters. The summed E-state index contributed by atoms with van der Waals surface area (Å²) >= 11 is 0. The zero-order chi connectivity index (χ0) is 17.6. The third-order valence-electron chi connectivity index (χ3n) is 5.63. The van der Waals surface area contributed by atoms with Gasteiger partial charge in [0.2, 0.25) is 5.91 Å². The van der Waals surface area contributed by atoms with E-state index in [0.29, 0.717) is 25.1 Å². The Morgan fingerprint density at radius 2 is 2.04 bits per heavy atom. The average molecular weight is 346 g/mol. The molecule has 138 valence electrons. The average Bonchev–Trinajstić information content (AvgIpc) is 3.09. The molecule has 0 spiro atoms. The lowest BCUT2D eigenvalue weighted by Gasteiger charge is -2.38. The fourth-order valence-electron chi connectivity index (χ4n) is 4.30. The maximum Gasteiger partial charge on any atom is 0.248 e. The van der Waals surface area contributed by atoms with Crippen molar-refractivity contribution in [2.45, 2.75) is 31.7 Å². The maximum atomic E-state index is 12.0. The van der Waals surface area contributed by atoms with E-state index in [4.69, 9.17) is 4.74 Å². The van der Waals surface area contributed by atoms with Gasteiger partial charge in [0, 0.05) is 32.8 Å². The number of rotatable bonds is 7. The molecule has 25 heavy (non-hydrogen) atoms. The molecule has 1 aromatic carbocycles. The van der Waals surface area contributed by atoms with Crippen molar-refractivity contribution >= 4 is 5.91 Å². The molecule has 1 aromatic rings. The van der Waals surface area contributed by atoms with Crippen LogP contribution in [0.1, 0.15) is 24.0 Å². The minimum atomic E-state index is -0.419. The molecule has 1 fully saturated rings. The topological polar surface area (TPSA) is 53.0 Å². The SMILES string of the molecule is COCCN(C[C@@H]1CCCN(C2Cc3ccccc3C2)C1)C(=O)CO. The third-order valence-corrected chi connectivity index (χ3v) is 5.63. The van der Waals surface area contributed by atoms with Crippen molar-refractivity contribution in [3.8, 4) is 0 Å². The standard InChI is InChI=1S/C20H30N2O3/c1-25-10-9-22(20(24)15-23)14-16-5-4-8-21(13-16)19-11-17-6-2-3-7-18(17)12-19/h2-3,6-7,16,19,23H,4-5,8-15H2,1H3/t16-/m1/s1. The van der Waals surface area contributed by atoms with E-state index in [1.807, 2.05) is 0 Å². The van der Waals surface area contributed by atoms with Gasteiger partial charge in [0.05, 0.1) is 6.61 Å². The lowest BCUT2D eigenvalue weighted by Crippen LogP contribution is -2.48. The number of carbonyl (C=O) groups excluding carboxylic acids is 1. The van der Waals surface area contributed by atoms with Gasteiger partial charge < -0.3 is 14.7 Å². The highest BCUT2D eigenvalue weighted by molar-refractivity contribution is 5.77. The van der Waals surface area contributed by atoms with Crippen LogP contribution in [0.2, 0.25) is 0 Å². The number of methoxy groups -OCH3 is 1. The molecule has 5 heteroatoms. The van der Waals surface area contributed by atoms with E-state index in [1.165, 1.54) is 17.5 Å². The van der Waals surface area contributed by atoms with E-state index in [9.17, 15) is 9.90 Å². The second kappa shape index (κ2) is 8.79. The normalized spacial score (nSPS) is 21.3. The van der Waals surface area contributed by atoms with Crippen LogP contribution >= 0.6 is 0 Å². The summed E-state index contributed by atoms with van der Waals surface area (Å²) in [6.45, 7) is 3.57. The molecule has 1 saturated heterocycles. The van der Waals surface area contributed by atoms with Crippen molar-refractivity contribution in [3.63, 3.8) is 0 Å². The number of fused-ring (bicyclic) bond motifs is 1. The third kappa shape index (κ3) is 4.60. The van der Waals surface area contributed by atoms with Gasteiger partial charge in [-0.1, -0.05) is 24.3 Å². The Hall–Kier alpha value is -1.43. The fraction of sp³-hybridized carbons (Fsp3) is 0.650. The number of ether oxygens (including phenoxy) is 1. The largest absolute Gasteiger partial charge is 0.387 e. The van der Waals surface area contributed by atoms with E-state index < -0.39 is 6.61 Å². The van der Waals surface area contributed by atoms with Gasteiger partial charge >= 0.3 is 0 Å². The van der Waals surface area contributed by atoms with Crippen LogP contribution in [0.15, 0.2) is 24.3 Å². The summed E-state index contributed by atoms with van der Waals surface area (Å²) in [7, 11) is 1.64. The lowest BCUT2D eigenvalue weighted by molar-refractivity contribution is -0.135. The molecule has 1 N–H and O–H groups in total. The number of aliphatic hydroxyl groups excluding tert-OH is 1. The van der Waals surface area contributed by atoms with Crippen molar-refractivity contribution in [2.24, 2.45) is 5.92 Å². The van der Waals surface area contributed by atoms with E-state index in [1.54, 1.807) is 12.0 Å². The number of amides is 1. The van der Waals surface area contributed by atoms with E-state index in [0.717, 1.165) is 38.9 Å². The maximum absolute atomic E-state index is 12.0. The summed E-state index contributed by atoms with van der Waals surface area (Å²) in [6, 6.07) is 9.37. The first-order valence-electron chi connectivity index (χ1n) is 9.39. The van der Waals surface area contributed by atoms with Gasteiger partial charge in [-0.2, -0.15) is 0 Å². The number of likely N-dealkylation sites (tertiary alicyclic amines) is 1. The van der Waals surface area contributed by atoms with Crippen LogP contribution in [0, 0.1) is 5.92 Å². The molecule has 1 aliphatic heterocycles. The second-order valence-corrected chi connectivity index (χ2v) is 7.32. The molecule has 1 amide bonds. The number of piperidine rings is 1. The minimum absolute atomic E-state index is 0.192. The first-order chi connectivity index (χ1) is 12.2. The van der Waals surface area contributed by atoms with Gasteiger partial charge in [-0.05, 0) is 49.3 Å². The zero-order valence-corrected chi connectivity index (χ0v) is 15.2. The Bertz CT molecular complexity index is 553. The molecular weight excluding hydrogens is 316 g/mol. The van der Waals surface area contributed by atoms with Crippen LogP contribution in [0.4, 0.5) is 0 Å². The number of aliphatic hydroxyl groups is 1. The molecular formula is C20H30N2O3. The van der Waals surface area contributed by atoms with Crippen LogP contribution in [0.25, 0.3) is 0 Å². The molecule has 3 rings (SSSR count). The Morgan fingerprint density at radius 3 is 2.68 bits per heavy atom. The van der Waals surface area contributed by atoms with Gasteiger partial charge in [-0.3, -0.25) is 9.69 Å². The number of benzene rings is 1. The summed E-state index contributed by atoms with van der Waals surface area (Å²) in [5.41, 5.74) is 2.98. The highest BCUT2D eigenvalue weighted by Crippen LogP contribution is 2.29. The van der Waals surface area contributed by atoms with E-state index in [2.05, 4.69) is 29.2 Å². The molecule has 2 aliphatic rings. The smallest absolute Gasteiger partial charge is 0.248 e. The Balaban J connectivity index is 1.56. The summed E-state index contributed by atoms with van der Waals surface area (Å²) < 4.78 is 5.11. The zero-order valence-electron chi connectivity index (χ0n) is 15.2. The predicted octanol–water partition coefficient (Wildman–Crippen LogP) is 1.33. The van der Waals surface area contributed by atoms with Crippen LogP contribution in [-0.4, -0.2) is 73.4 Å². The van der Waals surface area contributed by atoms with Crippen LogP contribution in [-0.2, 0) is 22.4 Å². The van der Waals surface area contributed by atoms with Crippen molar-refractivity contribution in [2.75, 3.05) is 46.5 Å². The van der Waals surface area contributed by atoms with Gasteiger partial charge in [0.15, 0.2) is 0 Å². The highest BCUT2D eigenvalue weighted by atomic mass is 16.5. The Kier molecular flexibility index (Phi) is 6.45. The molecule has 1 heterocycles. The highest BCUT2D eigenvalue weighted by Gasteiger charge is 2.31. The van der Waals surface area contributed by atoms with Crippen molar-refractivity contribution in [1.82, 2.24) is 9.80 Å². The first kappa shape index (κ1) is 18.4. The molecule has 0 saturated carbocycles. The van der Waals surface area contributed by atoms with Gasteiger partial charge in [0.1, 0.15) is 6.61 Å². The quantitative estimate of drug-likeness (QED) is 0.809. The monoisotopic (exact) mass is 346 g/mol. The molecule has 1 aliphatic carbocycles. The number of hydrogen-bond donors (Lipinski definition) is 1. The molecule has 1 atom stereocenters. The summed E-state index contributed by atoms with van der Waals surface area (Å²) in [6.07, 6.45) is 4.62. The van der Waals surface area contributed by atoms with Crippen LogP contribution < -0.4 is 0 Å². The molecule has 0 aromatic heterocycles. The van der Waals surface area contributed by atoms with Crippen molar-refractivity contribution < 1.29 is 14.6 Å². The van der Waals surface area contributed by atoms with Crippen LogP contribution in [0.3, 0.4) is 0 Å². The fourth-order valence-corrected chi connectivity index (χ4v) is 4.30. The molecule has 5 nitrogen and oxygen atoms in total. The summed E-state index contributed by atoms with van der Waals surface area (Å²) in [4.78, 5) is 16.4. The minimum Gasteiger partial charge on any atom is -0.387 e. The van der Waals surface area contributed by atoms with Crippen LogP contribution in [0.5, 0.6) is 0 Å². The first-order valence-corrected chi connectivity index (χ1v) is 9.39. The van der Waals surface area contributed by atoms with E-state index in [-0.39, 0.29) is 5.91 Å². The predicted molar refractivity (Wildman–Crippen MR) is 97.5 cm³/mol. The Labute approximate surface area is 150 Å². The number of nitrogens with zero attached hydrogens (tertiary/aromatic N) is 2. The van der Waals surface area contributed by atoms with E-state index >= 15 is 0 Å². The van der Waals surface area contributed by atoms with Crippen molar-refractivity contribution in [1.29, 1.82) is 0 Å². The summed E-state index contributed by atoms with van der Waals surface area (Å²) in [5.74, 6) is 0.285. The molecule has 0 radical (unpaired) electrons. The summed E-state index contributed by atoms with van der Waals surface area (Å²) in [5, 5.41) is 9.22. The van der Waals surface area contributed by atoms with Gasteiger partial charge in [-0.25, -0.2) is 0 Å². The van der Waals surface area contributed by atoms with Crippen molar-refractivity contribution in [3.05, 3.63) is 35.4 Å². The Morgan fingerprint density at radius 1 is 1.32 bits per heavy atom. The number of hydrogen-bond acceptors (Lipinski definition) is 4. The second-order valence-electron chi connectivity index (χ2n) is 7.32. The molecule has 0 bridgehead atoms. The number of carbonyl (C=O) groups is 1. The van der Waals surface area contributed by atoms with Gasteiger partial charge in [-0.15, -0.1) is 0 Å². The lowest BCUT2D eigenvalue weighted by atomic mass is 9.95.